The fourth-order valence-corrected chi connectivity index (χ4v) is 1.46. The van der Waals surface area contributed by atoms with Gasteiger partial charge >= 0.3 is 6.47 Å². The maximum atomic E-state index is 10.8. The standard InChI is InChI=1S/C6H11O5S/c1-2-3-4-12(8,9)11-6-10-5-7/h2-4,6H2,1H3. The van der Waals surface area contributed by atoms with E-state index in [0.29, 0.717) is 6.42 Å². The van der Waals surface area contributed by atoms with E-state index in [9.17, 15) is 13.2 Å². The van der Waals surface area contributed by atoms with Crippen molar-refractivity contribution in [3.8, 4) is 0 Å². The van der Waals surface area contributed by atoms with Crippen molar-refractivity contribution < 1.29 is 22.1 Å². The van der Waals surface area contributed by atoms with Crippen LogP contribution in [0.3, 0.4) is 0 Å². The smallest absolute Gasteiger partial charge is 0.419 e. The average Bonchev–Trinajstić information content (AvgIpc) is 2.01. The molecule has 0 fully saturated rings. The third-order valence-electron chi connectivity index (χ3n) is 1.09. The minimum atomic E-state index is -3.52. The van der Waals surface area contributed by atoms with Gasteiger partial charge in [0.05, 0.1) is 5.75 Å². The number of unbranched alkanes of at least 4 members (excludes halogenated alkanes) is 1. The van der Waals surface area contributed by atoms with Crippen LogP contribution in [0.15, 0.2) is 0 Å². The first-order valence-corrected chi connectivity index (χ1v) is 5.06. The van der Waals surface area contributed by atoms with Gasteiger partial charge < -0.3 is 4.74 Å². The first kappa shape index (κ1) is 11.4. The maximum Gasteiger partial charge on any atom is 0.419 e. The molecule has 0 spiro atoms. The van der Waals surface area contributed by atoms with Gasteiger partial charge in [0.15, 0.2) is 0 Å². The Kier molecular flexibility index (Phi) is 5.65. The van der Waals surface area contributed by atoms with E-state index in [1.54, 1.807) is 0 Å². The maximum absolute atomic E-state index is 10.8. The Morgan fingerprint density at radius 1 is 1.42 bits per heavy atom. The third kappa shape index (κ3) is 6.11. The van der Waals surface area contributed by atoms with E-state index in [4.69, 9.17) is 0 Å². The number of carbonyl (C=O) groups excluding carboxylic acids is 1. The number of ether oxygens (including phenoxy) is 1. The van der Waals surface area contributed by atoms with Crippen molar-refractivity contribution in [1.82, 2.24) is 0 Å². The Labute approximate surface area is 71.8 Å². The lowest BCUT2D eigenvalue weighted by atomic mass is 10.4. The van der Waals surface area contributed by atoms with Crippen LogP contribution < -0.4 is 0 Å². The molecule has 0 atom stereocenters. The van der Waals surface area contributed by atoms with Gasteiger partial charge in [0.25, 0.3) is 10.1 Å². The molecule has 0 aromatic rings. The topological polar surface area (TPSA) is 69.7 Å². The summed E-state index contributed by atoms with van der Waals surface area (Å²) in [5, 5.41) is 0. The van der Waals surface area contributed by atoms with Crippen LogP contribution in [0, 0.1) is 0 Å². The second-order valence-corrected chi connectivity index (χ2v) is 3.84. The lowest BCUT2D eigenvalue weighted by Crippen LogP contribution is -2.12. The van der Waals surface area contributed by atoms with Crippen molar-refractivity contribution >= 4 is 16.6 Å². The van der Waals surface area contributed by atoms with Crippen molar-refractivity contribution in [3.63, 3.8) is 0 Å². The van der Waals surface area contributed by atoms with Crippen LogP contribution in [0.1, 0.15) is 19.8 Å². The fraction of sp³-hybridized carbons (Fsp3) is 0.833. The van der Waals surface area contributed by atoms with Crippen LogP contribution in [0.25, 0.3) is 0 Å². The normalized spacial score (nSPS) is 11.1. The van der Waals surface area contributed by atoms with Gasteiger partial charge in [-0.25, -0.2) is 8.98 Å². The highest BCUT2D eigenvalue weighted by atomic mass is 32.2. The molecule has 0 saturated heterocycles. The van der Waals surface area contributed by atoms with Crippen LogP contribution in [0.4, 0.5) is 0 Å². The van der Waals surface area contributed by atoms with Crippen LogP contribution in [-0.2, 0) is 23.8 Å². The summed E-state index contributed by atoms with van der Waals surface area (Å²) in [6.45, 7) is 2.34. The Bertz CT molecular complexity index is 208. The lowest BCUT2D eigenvalue weighted by Gasteiger charge is -2.01. The summed E-state index contributed by atoms with van der Waals surface area (Å²) < 4.78 is 29.9. The van der Waals surface area contributed by atoms with E-state index in [1.165, 1.54) is 0 Å². The van der Waals surface area contributed by atoms with E-state index >= 15 is 0 Å². The second kappa shape index (κ2) is 5.96. The van der Waals surface area contributed by atoms with Gasteiger partial charge in [-0.15, -0.1) is 0 Å². The fourth-order valence-electron chi connectivity index (χ4n) is 0.501. The summed E-state index contributed by atoms with van der Waals surface area (Å²) in [6.07, 6.45) is 1.30. The van der Waals surface area contributed by atoms with E-state index < -0.39 is 16.9 Å². The predicted molar refractivity (Wildman–Crippen MR) is 41.4 cm³/mol. The van der Waals surface area contributed by atoms with Gasteiger partial charge in [-0.3, -0.25) is 0 Å². The zero-order valence-electron chi connectivity index (χ0n) is 6.78. The molecule has 0 aliphatic rings. The molecule has 0 unspecified atom stereocenters. The monoisotopic (exact) mass is 195 g/mol. The SMILES string of the molecule is CCCCS(=O)(=O)OCO[C]=O. The molecule has 1 radical (unpaired) electrons. The van der Waals surface area contributed by atoms with E-state index in [1.807, 2.05) is 6.92 Å². The zero-order chi connectivity index (χ0) is 9.45. The summed E-state index contributed by atoms with van der Waals surface area (Å²) in [7, 11) is -3.52. The van der Waals surface area contributed by atoms with Crippen LogP contribution in [0.5, 0.6) is 0 Å². The van der Waals surface area contributed by atoms with Crippen LogP contribution >= 0.6 is 0 Å². The molecule has 0 amide bonds. The quantitative estimate of drug-likeness (QED) is 0.329. The van der Waals surface area contributed by atoms with Gasteiger partial charge in [0.2, 0.25) is 6.79 Å². The minimum absolute atomic E-state index is 0.0499. The summed E-state index contributed by atoms with van der Waals surface area (Å²) in [6, 6.07) is 0. The molecule has 0 aliphatic carbocycles. The van der Waals surface area contributed by atoms with Crippen molar-refractivity contribution in [2.75, 3.05) is 12.5 Å². The molecule has 0 bridgehead atoms. The first-order chi connectivity index (χ1) is 5.62. The van der Waals surface area contributed by atoms with E-state index in [2.05, 4.69) is 8.92 Å². The molecule has 0 aromatic heterocycles. The molecule has 0 aromatic carbocycles. The molecule has 0 saturated carbocycles. The van der Waals surface area contributed by atoms with Gasteiger partial charge in [0.1, 0.15) is 0 Å². The highest BCUT2D eigenvalue weighted by Crippen LogP contribution is 1.98. The number of hydrogen-bond acceptors (Lipinski definition) is 5. The van der Waals surface area contributed by atoms with Crippen LogP contribution in [0.2, 0.25) is 0 Å². The molecule has 71 valence electrons. The molecule has 6 heteroatoms. The summed E-state index contributed by atoms with van der Waals surface area (Å²) in [4.78, 5) is 9.48. The Balaban J connectivity index is 3.64. The van der Waals surface area contributed by atoms with Gasteiger partial charge in [-0.1, -0.05) is 13.3 Å². The van der Waals surface area contributed by atoms with Crippen LogP contribution in [-0.4, -0.2) is 27.4 Å². The Morgan fingerprint density at radius 3 is 2.58 bits per heavy atom. The van der Waals surface area contributed by atoms with Crippen molar-refractivity contribution in [1.29, 1.82) is 0 Å². The van der Waals surface area contributed by atoms with E-state index in [0.717, 1.165) is 12.9 Å². The molecule has 0 N–H and O–H groups in total. The molecule has 0 aliphatic heterocycles. The highest BCUT2D eigenvalue weighted by molar-refractivity contribution is 7.86. The van der Waals surface area contributed by atoms with Gasteiger partial charge in [-0.2, -0.15) is 8.42 Å². The van der Waals surface area contributed by atoms with Gasteiger partial charge in [-0.05, 0) is 6.42 Å². The zero-order valence-corrected chi connectivity index (χ0v) is 7.59. The Hall–Kier alpha value is -0.620. The number of rotatable bonds is 7. The number of hydrogen-bond donors (Lipinski definition) is 0. The summed E-state index contributed by atoms with van der Waals surface area (Å²) in [5.41, 5.74) is 0. The van der Waals surface area contributed by atoms with Crippen molar-refractivity contribution in [2.45, 2.75) is 19.8 Å². The highest BCUT2D eigenvalue weighted by Gasteiger charge is 2.09. The lowest BCUT2D eigenvalue weighted by molar-refractivity contribution is 0.110. The minimum Gasteiger partial charge on any atom is -0.429 e. The summed E-state index contributed by atoms with van der Waals surface area (Å²) in [5.74, 6) is -0.0499. The molecule has 0 rings (SSSR count). The van der Waals surface area contributed by atoms with Crippen molar-refractivity contribution in [2.24, 2.45) is 0 Å². The molecular weight excluding hydrogens is 184 g/mol. The molecule has 0 heterocycles. The largest absolute Gasteiger partial charge is 0.429 e. The molecule has 5 nitrogen and oxygen atoms in total. The third-order valence-corrected chi connectivity index (χ3v) is 2.34. The van der Waals surface area contributed by atoms with Gasteiger partial charge in [0, 0.05) is 0 Å². The second-order valence-electron chi connectivity index (χ2n) is 2.08. The predicted octanol–water partition coefficient (Wildman–Crippen LogP) is 0.174. The Morgan fingerprint density at radius 2 is 2.08 bits per heavy atom. The van der Waals surface area contributed by atoms with Crippen molar-refractivity contribution in [3.05, 3.63) is 0 Å². The van der Waals surface area contributed by atoms with E-state index in [-0.39, 0.29) is 5.75 Å². The summed E-state index contributed by atoms with van der Waals surface area (Å²) >= 11 is 0. The molecular formula is C6H11O5S. The molecule has 12 heavy (non-hydrogen) atoms. The first-order valence-electron chi connectivity index (χ1n) is 3.48. The average molecular weight is 195 g/mol.